The van der Waals surface area contributed by atoms with Gasteiger partial charge < -0.3 is 20.3 Å². The van der Waals surface area contributed by atoms with Crippen molar-refractivity contribution in [2.45, 2.75) is 13.8 Å². The van der Waals surface area contributed by atoms with E-state index < -0.39 is 0 Å². The van der Waals surface area contributed by atoms with Crippen LogP contribution in [0.25, 0.3) is 0 Å². The maximum absolute atomic E-state index is 11.9. The molecule has 1 aromatic carbocycles. The summed E-state index contributed by atoms with van der Waals surface area (Å²) >= 11 is 0. The molecule has 6 heteroatoms. The van der Waals surface area contributed by atoms with Crippen LogP contribution in [0.2, 0.25) is 0 Å². The van der Waals surface area contributed by atoms with Crippen molar-refractivity contribution in [1.29, 1.82) is 0 Å². The fraction of sp³-hybridized carbons (Fsp3) is 0.368. The summed E-state index contributed by atoms with van der Waals surface area (Å²) < 4.78 is 4.91. The van der Waals surface area contributed by atoms with Gasteiger partial charge in [0.2, 0.25) is 0 Å². The molecule has 0 saturated heterocycles. The number of benzene rings is 1. The number of hydrogen-bond acceptors (Lipinski definition) is 5. The molecule has 1 aromatic heterocycles. The number of methoxy groups -OCH3 is 1. The van der Waals surface area contributed by atoms with Gasteiger partial charge >= 0.3 is 0 Å². The number of ether oxygens (including phenoxy) is 1. The van der Waals surface area contributed by atoms with E-state index in [1.54, 1.807) is 25.4 Å². The number of carbonyl (C=O) groups excluding carboxylic acids is 1. The summed E-state index contributed by atoms with van der Waals surface area (Å²) in [4.78, 5) is 18.5. The van der Waals surface area contributed by atoms with Crippen molar-refractivity contribution in [2.24, 2.45) is 0 Å². The largest absolute Gasteiger partial charge is 0.383 e. The minimum absolute atomic E-state index is 0.153. The van der Waals surface area contributed by atoms with Crippen molar-refractivity contribution >= 4 is 23.1 Å². The van der Waals surface area contributed by atoms with Crippen LogP contribution in [0.3, 0.4) is 0 Å². The molecule has 0 radical (unpaired) electrons. The van der Waals surface area contributed by atoms with Crippen LogP contribution in [0.4, 0.5) is 17.2 Å². The SMILES string of the molecule is CCN(CC)c1ccc(Nc2ccc(C(=O)NCCOC)cn2)cc1. The predicted molar refractivity (Wildman–Crippen MR) is 102 cm³/mol. The van der Waals surface area contributed by atoms with Crippen LogP contribution in [-0.4, -0.2) is 44.2 Å². The van der Waals surface area contributed by atoms with Crippen LogP contribution < -0.4 is 15.5 Å². The van der Waals surface area contributed by atoms with Gasteiger partial charge in [-0.1, -0.05) is 0 Å². The van der Waals surface area contributed by atoms with Gasteiger partial charge in [-0.2, -0.15) is 0 Å². The van der Waals surface area contributed by atoms with E-state index in [1.807, 2.05) is 12.1 Å². The van der Waals surface area contributed by atoms with Crippen LogP contribution in [-0.2, 0) is 4.74 Å². The quantitative estimate of drug-likeness (QED) is 0.686. The Morgan fingerprint density at radius 3 is 2.40 bits per heavy atom. The summed E-state index contributed by atoms with van der Waals surface area (Å²) in [6, 6.07) is 11.8. The van der Waals surface area contributed by atoms with E-state index >= 15 is 0 Å². The van der Waals surface area contributed by atoms with Crippen molar-refractivity contribution in [3.05, 3.63) is 48.2 Å². The maximum Gasteiger partial charge on any atom is 0.252 e. The Hall–Kier alpha value is -2.60. The Balaban J connectivity index is 1.95. The Bertz CT molecular complexity index is 652. The lowest BCUT2D eigenvalue weighted by atomic mass is 10.2. The smallest absolute Gasteiger partial charge is 0.252 e. The number of carbonyl (C=O) groups is 1. The number of aromatic nitrogens is 1. The predicted octanol–water partition coefficient (Wildman–Crippen LogP) is 3.05. The highest BCUT2D eigenvalue weighted by atomic mass is 16.5. The summed E-state index contributed by atoms with van der Waals surface area (Å²) in [7, 11) is 1.60. The minimum atomic E-state index is -0.153. The molecule has 0 saturated carbocycles. The Kier molecular flexibility index (Phi) is 7.22. The Morgan fingerprint density at radius 2 is 1.84 bits per heavy atom. The summed E-state index contributed by atoms with van der Waals surface area (Å²) in [6.45, 7) is 7.23. The molecule has 2 N–H and O–H groups in total. The Morgan fingerprint density at radius 1 is 1.12 bits per heavy atom. The second-order valence-electron chi connectivity index (χ2n) is 5.52. The number of pyridine rings is 1. The molecule has 0 bridgehead atoms. The third kappa shape index (κ3) is 5.46. The standard InChI is InChI=1S/C19H26N4O2/c1-4-23(5-2)17-9-7-16(8-10-17)22-18-11-6-15(14-21-18)19(24)20-12-13-25-3/h6-11,14H,4-5,12-13H2,1-3H3,(H,20,24)(H,21,22). The lowest BCUT2D eigenvalue weighted by molar-refractivity contribution is 0.0937. The van der Waals surface area contributed by atoms with E-state index in [9.17, 15) is 4.79 Å². The van der Waals surface area contributed by atoms with Gasteiger partial charge in [0, 0.05) is 44.3 Å². The normalized spacial score (nSPS) is 10.4. The fourth-order valence-electron chi connectivity index (χ4n) is 2.46. The molecule has 0 fully saturated rings. The molecular weight excluding hydrogens is 316 g/mol. The van der Waals surface area contributed by atoms with Gasteiger partial charge in [0.1, 0.15) is 5.82 Å². The Labute approximate surface area is 149 Å². The molecule has 0 atom stereocenters. The zero-order valence-electron chi connectivity index (χ0n) is 15.1. The van der Waals surface area contributed by atoms with Gasteiger partial charge in [-0.25, -0.2) is 4.98 Å². The second-order valence-corrected chi connectivity index (χ2v) is 5.52. The number of anilines is 3. The minimum Gasteiger partial charge on any atom is -0.383 e. The van der Waals surface area contributed by atoms with E-state index in [0.29, 0.717) is 24.5 Å². The second kappa shape index (κ2) is 9.64. The summed E-state index contributed by atoms with van der Waals surface area (Å²) in [6.07, 6.45) is 1.56. The first-order chi connectivity index (χ1) is 12.2. The summed E-state index contributed by atoms with van der Waals surface area (Å²) in [5.74, 6) is 0.545. The molecule has 0 spiro atoms. The van der Waals surface area contributed by atoms with Crippen molar-refractivity contribution in [3.8, 4) is 0 Å². The first-order valence-electron chi connectivity index (χ1n) is 8.53. The van der Waals surface area contributed by atoms with E-state index in [4.69, 9.17) is 4.74 Å². The molecule has 2 rings (SSSR count). The number of nitrogens with zero attached hydrogens (tertiary/aromatic N) is 2. The van der Waals surface area contributed by atoms with Crippen LogP contribution >= 0.6 is 0 Å². The summed E-state index contributed by atoms with van der Waals surface area (Å²) in [5.41, 5.74) is 2.69. The van der Waals surface area contributed by atoms with Gasteiger partial charge in [-0.3, -0.25) is 4.79 Å². The van der Waals surface area contributed by atoms with E-state index in [-0.39, 0.29) is 5.91 Å². The summed E-state index contributed by atoms with van der Waals surface area (Å²) in [5, 5.41) is 6.01. The molecule has 0 aliphatic carbocycles. The van der Waals surface area contributed by atoms with Crippen molar-refractivity contribution in [3.63, 3.8) is 0 Å². The lowest BCUT2D eigenvalue weighted by Crippen LogP contribution is -2.26. The van der Waals surface area contributed by atoms with Gasteiger partial charge in [0.15, 0.2) is 0 Å². The van der Waals surface area contributed by atoms with Crippen LogP contribution in [0.1, 0.15) is 24.2 Å². The molecule has 6 nitrogen and oxygen atoms in total. The average molecular weight is 342 g/mol. The third-order valence-electron chi connectivity index (χ3n) is 3.89. The van der Waals surface area contributed by atoms with Crippen LogP contribution in [0.15, 0.2) is 42.6 Å². The topological polar surface area (TPSA) is 66.5 Å². The van der Waals surface area contributed by atoms with Gasteiger partial charge in [0.25, 0.3) is 5.91 Å². The molecule has 1 heterocycles. The van der Waals surface area contributed by atoms with E-state index in [0.717, 1.165) is 18.8 Å². The zero-order valence-corrected chi connectivity index (χ0v) is 15.1. The highest BCUT2D eigenvalue weighted by Gasteiger charge is 2.06. The monoisotopic (exact) mass is 342 g/mol. The van der Waals surface area contributed by atoms with Crippen molar-refractivity contribution in [1.82, 2.24) is 10.3 Å². The van der Waals surface area contributed by atoms with E-state index in [1.165, 1.54) is 5.69 Å². The van der Waals surface area contributed by atoms with Gasteiger partial charge in [0.05, 0.1) is 12.2 Å². The average Bonchev–Trinajstić information content (AvgIpc) is 2.65. The first kappa shape index (κ1) is 18.7. The van der Waals surface area contributed by atoms with Gasteiger partial charge in [-0.15, -0.1) is 0 Å². The first-order valence-corrected chi connectivity index (χ1v) is 8.53. The van der Waals surface area contributed by atoms with Crippen LogP contribution in [0, 0.1) is 0 Å². The van der Waals surface area contributed by atoms with Crippen molar-refractivity contribution < 1.29 is 9.53 Å². The van der Waals surface area contributed by atoms with Crippen molar-refractivity contribution in [2.75, 3.05) is 43.6 Å². The molecule has 0 unspecified atom stereocenters. The molecule has 0 aliphatic heterocycles. The molecule has 0 aliphatic rings. The molecule has 25 heavy (non-hydrogen) atoms. The highest BCUT2D eigenvalue weighted by Crippen LogP contribution is 2.20. The number of hydrogen-bond donors (Lipinski definition) is 2. The number of rotatable bonds is 9. The fourth-order valence-corrected chi connectivity index (χ4v) is 2.46. The maximum atomic E-state index is 11.9. The lowest BCUT2D eigenvalue weighted by Gasteiger charge is -2.21. The molecule has 2 aromatic rings. The third-order valence-corrected chi connectivity index (χ3v) is 3.89. The molecule has 1 amide bonds. The van der Waals surface area contributed by atoms with Crippen LogP contribution in [0.5, 0.6) is 0 Å². The highest BCUT2D eigenvalue weighted by molar-refractivity contribution is 5.94. The molecular formula is C19H26N4O2. The zero-order chi connectivity index (χ0) is 18.1. The number of amides is 1. The van der Waals surface area contributed by atoms with Gasteiger partial charge in [-0.05, 0) is 50.2 Å². The van der Waals surface area contributed by atoms with E-state index in [2.05, 4.69) is 46.5 Å². The number of nitrogens with one attached hydrogen (secondary N) is 2. The molecule has 134 valence electrons.